The second kappa shape index (κ2) is 5.75. The molecule has 1 heterocycles. The minimum Gasteiger partial charge on any atom is -0.478 e. The zero-order valence-electron chi connectivity index (χ0n) is 10.3. The Morgan fingerprint density at radius 3 is 2.60 bits per heavy atom. The van der Waals surface area contributed by atoms with Crippen LogP contribution in [0.2, 0.25) is 0 Å². The molecule has 0 spiro atoms. The van der Waals surface area contributed by atoms with Crippen molar-refractivity contribution in [1.82, 2.24) is 4.98 Å². The van der Waals surface area contributed by atoms with E-state index >= 15 is 0 Å². The number of nitro benzene ring substituents is 1. The minimum atomic E-state index is -1.17. The maximum atomic E-state index is 11.3. The summed E-state index contributed by atoms with van der Waals surface area (Å²) in [6.07, 6.45) is 4.19. The molecule has 0 unspecified atom stereocenters. The molecule has 0 saturated heterocycles. The van der Waals surface area contributed by atoms with Crippen molar-refractivity contribution >= 4 is 23.3 Å². The highest BCUT2D eigenvalue weighted by atomic mass is 16.6. The van der Waals surface area contributed by atoms with Crippen LogP contribution in [0.15, 0.2) is 48.8 Å². The van der Waals surface area contributed by atoms with Gasteiger partial charge in [-0.3, -0.25) is 15.1 Å². The third kappa shape index (κ3) is 2.86. The predicted molar refractivity (Wildman–Crippen MR) is 72.8 cm³/mol. The number of aromatic nitrogens is 1. The molecule has 0 aliphatic heterocycles. The number of para-hydroxylation sites is 1. The molecule has 100 valence electrons. The van der Waals surface area contributed by atoms with Crippen LogP contribution in [0, 0.1) is 10.1 Å². The van der Waals surface area contributed by atoms with Gasteiger partial charge >= 0.3 is 5.97 Å². The van der Waals surface area contributed by atoms with Crippen LogP contribution in [0.4, 0.5) is 5.69 Å². The molecular weight excluding hydrogens is 260 g/mol. The third-order valence-electron chi connectivity index (χ3n) is 2.64. The summed E-state index contributed by atoms with van der Waals surface area (Å²) in [5.74, 6) is -1.17. The van der Waals surface area contributed by atoms with E-state index < -0.39 is 10.9 Å². The van der Waals surface area contributed by atoms with Gasteiger partial charge in [0.15, 0.2) is 0 Å². The average molecular weight is 270 g/mol. The Labute approximate surface area is 114 Å². The largest absolute Gasteiger partial charge is 0.478 e. The highest BCUT2D eigenvalue weighted by molar-refractivity contribution is 6.20. The highest BCUT2D eigenvalue weighted by Crippen LogP contribution is 2.24. The molecule has 0 aliphatic rings. The fourth-order valence-electron chi connectivity index (χ4n) is 1.72. The number of nitro groups is 1. The number of benzene rings is 1. The van der Waals surface area contributed by atoms with Gasteiger partial charge in [0.2, 0.25) is 0 Å². The van der Waals surface area contributed by atoms with Crippen LogP contribution in [-0.4, -0.2) is 21.0 Å². The molecule has 0 radical (unpaired) electrons. The lowest BCUT2D eigenvalue weighted by atomic mass is 10.0. The van der Waals surface area contributed by atoms with E-state index in [1.165, 1.54) is 36.7 Å². The van der Waals surface area contributed by atoms with Crippen molar-refractivity contribution in [2.45, 2.75) is 0 Å². The van der Waals surface area contributed by atoms with Crippen LogP contribution in [0.25, 0.3) is 11.6 Å². The second-order valence-corrected chi connectivity index (χ2v) is 3.92. The van der Waals surface area contributed by atoms with Gasteiger partial charge in [-0.05, 0) is 18.2 Å². The fourth-order valence-corrected chi connectivity index (χ4v) is 1.72. The molecule has 1 aromatic carbocycles. The van der Waals surface area contributed by atoms with Gasteiger partial charge in [0.05, 0.1) is 16.1 Å². The number of carbonyl (C=O) groups is 1. The molecule has 0 bridgehead atoms. The summed E-state index contributed by atoms with van der Waals surface area (Å²) in [6, 6.07) is 9.15. The molecule has 0 amide bonds. The fraction of sp³-hybridized carbons (Fsp3) is 0. The van der Waals surface area contributed by atoms with Crippen LogP contribution >= 0.6 is 0 Å². The summed E-state index contributed by atoms with van der Waals surface area (Å²) in [6.45, 7) is 0. The quantitative estimate of drug-likeness (QED) is 0.523. The second-order valence-electron chi connectivity index (χ2n) is 3.92. The molecule has 2 rings (SSSR count). The number of rotatable bonds is 4. The standard InChI is InChI=1S/C14H10N2O4/c17-14(18)12(11-5-3-7-15-9-11)8-10-4-1-2-6-13(10)16(19)20/h1-9H,(H,17,18). The summed E-state index contributed by atoms with van der Waals surface area (Å²) < 4.78 is 0. The molecule has 6 heteroatoms. The molecule has 0 atom stereocenters. The van der Waals surface area contributed by atoms with Crippen molar-refractivity contribution < 1.29 is 14.8 Å². The first-order valence-electron chi connectivity index (χ1n) is 5.68. The number of carboxylic acids is 1. The Morgan fingerprint density at radius 2 is 2.00 bits per heavy atom. The molecule has 20 heavy (non-hydrogen) atoms. The van der Waals surface area contributed by atoms with Crippen LogP contribution in [0.1, 0.15) is 11.1 Å². The van der Waals surface area contributed by atoms with E-state index in [2.05, 4.69) is 4.98 Å². The van der Waals surface area contributed by atoms with Gasteiger partial charge in [0.1, 0.15) is 0 Å². The minimum absolute atomic E-state index is 0.0487. The highest BCUT2D eigenvalue weighted by Gasteiger charge is 2.15. The van der Waals surface area contributed by atoms with Crippen molar-refractivity contribution in [2.75, 3.05) is 0 Å². The predicted octanol–water partition coefficient (Wildman–Crippen LogP) is 2.62. The molecule has 6 nitrogen and oxygen atoms in total. The van der Waals surface area contributed by atoms with Gasteiger partial charge in [0.25, 0.3) is 5.69 Å². The summed E-state index contributed by atoms with van der Waals surface area (Å²) in [5.41, 5.74) is 0.430. The molecule has 1 N–H and O–H groups in total. The van der Waals surface area contributed by atoms with E-state index in [1.807, 2.05) is 0 Å². The van der Waals surface area contributed by atoms with Crippen LogP contribution in [-0.2, 0) is 4.79 Å². The lowest BCUT2D eigenvalue weighted by Crippen LogP contribution is -2.00. The van der Waals surface area contributed by atoms with Gasteiger partial charge in [0, 0.05) is 24.0 Å². The zero-order valence-corrected chi connectivity index (χ0v) is 10.3. The Morgan fingerprint density at radius 1 is 1.25 bits per heavy atom. The van der Waals surface area contributed by atoms with E-state index in [4.69, 9.17) is 0 Å². The first-order chi connectivity index (χ1) is 9.59. The summed E-state index contributed by atoms with van der Waals surface area (Å²) in [7, 11) is 0. The lowest BCUT2D eigenvalue weighted by molar-refractivity contribution is -0.385. The SMILES string of the molecule is O=C(O)C(=Cc1ccccc1[N+](=O)[O-])c1cccnc1. The van der Waals surface area contributed by atoms with Crippen molar-refractivity contribution in [3.8, 4) is 0 Å². The maximum absolute atomic E-state index is 11.3. The summed E-state index contributed by atoms with van der Waals surface area (Å²) in [4.78, 5) is 25.5. The normalized spacial score (nSPS) is 11.1. The van der Waals surface area contributed by atoms with Gasteiger partial charge in [-0.25, -0.2) is 4.79 Å². The smallest absolute Gasteiger partial charge is 0.336 e. The van der Waals surface area contributed by atoms with Crippen molar-refractivity contribution in [1.29, 1.82) is 0 Å². The van der Waals surface area contributed by atoms with E-state index in [9.17, 15) is 20.0 Å². The number of nitrogens with zero attached hydrogens (tertiary/aromatic N) is 2. The first kappa shape index (κ1) is 13.4. The average Bonchev–Trinajstić information content (AvgIpc) is 2.45. The zero-order chi connectivity index (χ0) is 14.5. The third-order valence-corrected chi connectivity index (χ3v) is 2.64. The van der Waals surface area contributed by atoms with Crippen LogP contribution in [0.3, 0.4) is 0 Å². The number of carboxylic acid groups (broad SMARTS) is 1. The Kier molecular flexibility index (Phi) is 3.85. The van der Waals surface area contributed by atoms with E-state index in [1.54, 1.807) is 18.2 Å². The number of aliphatic carboxylic acids is 1. The van der Waals surface area contributed by atoms with Crippen LogP contribution in [0.5, 0.6) is 0 Å². The van der Waals surface area contributed by atoms with Crippen molar-refractivity contribution in [2.24, 2.45) is 0 Å². The number of hydrogen-bond acceptors (Lipinski definition) is 4. The topological polar surface area (TPSA) is 93.3 Å². The molecule has 2 aromatic rings. The lowest BCUT2D eigenvalue weighted by Gasteiger charge is -2.03. The molecule has 0 saturated carbocycles. The van der Waals surface area contributed by atoms with E-state index in [0.717, 1.165) is 0 Å². The number of hydrogen-bond donors (Lipinski definition) is 1. The Balaban J connectivity index is 2.56. The van der Waals surface area contributed by atoms with Gasteiger partial charge in [-0.1, -0.05) is 18.2 Å². The molecule has 0 aliphatic carbocycles. The monoisotopic (exact) mass is 270 g/mol. The molecule has 0 fully saturated rings. The van der Waals surface area contributed by atoms with Crippen molar-refractivity contribution in [3.63, 3.8) is 0 Å². The van der Waals surface area contributed by atoms with E-state index in [-0.39, 0.29) is 16.8 Å². The number of pyridine rings is 1. The molecular formula is C14H10N2O4. The van der Waals surface area contributed by atoms with Crippen LogP contribution < -0.4 is 0 Å². The van der Waals surface area contributed by atoms with Gasteiger partial charge < -0.3 is 5.11 Å². The first-order valence-corrected chi connectivity index (χ1v) is 5.68. The van der Waals surface area contributed by atoms with Gasteiger partial charge in [-0.15, -0.1) is 0 Å². The summed E-state index contributed by atoms with van der Waals surface area (Å²) >= 11 is 0. The Hall–Kier alpha value is -3.02. The molecule has 1 aromatic heterocycles. The van der Waals surface area contributed by atoms with E-state index in [0.29, 0.717) is 5.56 Å². The van der Waals surface area contributed by atoms with Crippen molar-refractivity contribution in [3.05, 3.63) is 70.0 Å². The Bertz CT molecular complexity index is 681. The summed E-state index contributed by atoms with van der Waals surface area (Å²) in [5, 5.41) is 20.2. The van der Waals surface area contributed by atoms with Gasteiger partial charge in [-0.2, -0.15) is 0 Å². The maximum Gasteiger partial charge on any atom is 0.336 e.